The van der Waals surface area contributed by atoms with Gasteiger partial charge in [0.05, 0.1) is 27.6 Å². The van der Waals surface area contributed by atoms with Gasteiger partial charge in [-0.1, -0.05) is 23.2 Å². The van der Waals surface area contributed by atoms with Crippen molar-refractivity contribution in [2.24, 2.45) is 5.73 Å². The monoisotopic (exact) mass is 468 g/mol. The number of halogens is 4. The molecule has 0 radical (unpaired) electrons. The second-order valence-corrected chi connectivity index (χ2v) is 7.38. The van der Waals surface area contributed by atoms with Gasteiger partial charge < -0.3 is 16.8 Å². The first-order valence-corrected chi connectivity index (χ1v) is 9.52. The van der Waals surface area contributed by atoms with Gasteiger partial charge in [0.25, 0.3) is 17.9 Å². The second kappa shape index (κ2) is 8.96. The van der Waals surface area contributed by atoms with Crippen molar-refractivity contribution in [1.82, 2.24) is 14.5 Å². The Balaban J connectivity index is 2.05. The van der Waals surface area contributed by atoms with Crippen LogP contribution in [0, 0.1) is 0 Å². The van der Waals surface area contributed by atoms with E-state index in [-0.39, 0.29) is 33.3 Å². The topological polar surface area (TPSA) is 129 Å². The Morgan fingerprint density at radius 2 is 1.81 bits per heavy atom. The Kier molecular flexibility index (Phi) is 6.54. The van der Waals surface area contributed by atoms with Crippen molar-refractivity contribution in [2.45, 2.75) is 19.4 Å². The first-order chi connectivity index (χ1) is 14.6. The normalized spacial score (nSPS) is 12.1. The van der Waals surface area contributed by atoms with Crippen LogP contribution in [-0.4, -0.2) is 20.4 Å². The van der Waals surface area contributed by atoms with E-state index in [9.17, 15) is 18.4 Å². The molecular weight excluding hydrogens is 453 g/mol. The van der Waals surface area contributed by atoms with Gasteiger partial charge in [-0.3, -0.25) is 19.1 Å². The van der Waals surface area contributed by atoms with E-state index in [1.165, 1.54) is 6.20 Å². The highest BCUT2D eigenvalue weighted by Crippen LogP contribution is 2.33. The van der Waals surface area contributed by atoms with Crippen LogP contribution >= 0.6 is 23.2 Å². The average molecular weight is 469 g/mol. The number of benzene rings is 1. The fraction of sp³-hybridized carbons (Fsp3) is 0.158. The van der Waals surface area contributed by atoms with Crippen LogP contribution in [-0.2, 0) is 0 Å². The minimum atomic E-state index is -2.81. The van der Waals surface area contributed by atoms with Crippen LogP contribution in [0.25, 0.3) is 5.69 Å². The summed E-state index contributed by atoms with van der Waals surface area (Å²) in [5.74, 6) is -1.20. The van der Waals surface area contributed by atoms with Gasteiger partial charge in [-0.15, -0.1) is 0 Å². The van der Waals surface area contributed by atoms with Gasteiger partial charge in [0.15, 0.2) is 0 Å². The summed E-state index contributed by atoms with van der Waals surface area (Å²) in [4.78, 5) is 33.6. The molecule has 3 aromatic rings. The standard InChI is InChI=1S/C19H16Cl2F2N6O2/c1-8(24)10-2-11(6-26-5-10)28-18(30)14-17(25)27-7-29(19(14)31)15-12(20)3-9(16(22)23)4-13(15)21/h2-8,16H,24-25H2,1H3,(H,28,30)/t8-/m0/s1. The summed E-state index contributed by atoms with van der Waals surface area (Å²) in [5, 5.41) is 2.06. The van der Waals surface area contributed by atoms with E-state index in [0.717, 1.165) is 23.0 Å². The molecular formula is C19H16Cl2F2N6O2. The summed E-state index contributed by atoms with van der Waals surface area (Å²) in [6, 6.07) is 3.21. The summed E-state index contributed by atoms with van der Waals surface area (Å²) in [5.41, 5.74) is 10.6. The van der Waals surface area contributed by atoms with Gasteiger partial charge in [0.1, 0.15) is 17.7 Å². The number of aromatic nitrogens is 3. The predicted molar refractivity (Wildman–Crippen MR) is 114 cm³/mol. The zero-order chi connectivity index (χ0) is 22.9. The third kappa shape index (κ3) is 4.66. The van der Waals surface area contributed by atoms with Gasteiger partial charge in [-0.05, 0) is 30.7 Å². The molecule has 162 valence electrons. The maximum absolute atomic E-state index is 13.0. The van der Waals surface area contributed by atoms with Crippen molar-refractivity contribution in [3.05, 3.63) is 74.0 Å². The Labute approximate surface area is 184 Å². The van der Waals surface area contributed by atoms with E-state index in [1.54, 1.807) is 19.2 Å². The van der Waals surface area contributed by atoms with E-state index in [2.05, 4.69) is 15.3 Å². The zero-order valence-corrected chi connectivity index (χ0v) is 17.5. The molecule has 0 saturated carbocycles. The highest BCUT2D eigenvalue weighted by molar-refractivity contribution is 6.37. The minimum absolute atomic E-state index is 0.111. The molecule has 0 spiro atoms. The number of nitrogens with zero attached hydrogens (tertiary/aromatic N) is 3. The number of alkyl halides is 2. The van der Waals surface area contributed by atoms with Gasteiger partial charge in [-0.2, -0.15) is 0 Å². The molecule has 0 aliphatic heterocycles. The number of carbonyl (C=O) groups is 1. The van der Waals surface area contributed by atoms with E-state index in [0.29, 0.717) is 5.56 Å². The third-order valence-electron chi connectivity index (χ3n) is 4.30. The molecule has 0 aliphatic carbocycles. The number of pyridine rings is 1. The number of anilines is 2. The van der Waals surface area contributed by atoms with Crippen molar-refractivity contribution in [3.63, 3.8) is 0 Å². The molecule has 2 heterocycles. The number of nitrogens with two attached hydrogens (primary N) is 2. The molecule has 0 saturated heterocycles. The molecule has 1 amide bonds. The van der Waals surface area contributed by atoms with Crippen molar-refractivity contribution >= 4 is 40.6 Å². The fourth-order valence-corrected chi connectivity index (χ4v) is 3.44. The smallest absolute Gasteiger partial charge is 0.273 e. The maximum atomic E-state index is 13.0. The number of rotatable bonds is 5. The largest absolute Gasteiger partial charge is 0.383 e. The molecule has 1 aromatic carbocycles. The van der Waals surface area contributed by atoms with Crippen LogP contribution in [0.3, 0.4) is 0 Å². The summed E-state index contributed by atoms with van der Waals surface area (Å²) in [6.45, 7) is 1.74. The molecule has 0 unspecified atom stereocenters. The number of carbonyl (C=O) groups excluding carboxylic acids is 1. The number of hydrogen-bond donors (Lipinski definition) is 3. The van der Waals surface area contributed by atoms with Crippen LogP contribution in [0.2, 0.25) is 10.0 Å². The number of hydrogen-bond acceptors (Lipinski definition) is 6. The number of amides is 1. The summed E-state index contributed by atoms with van der Waals surface area (Å²) >= 11 is 12.2. The maximum Gasteiger partial charge on any atom is 0.273 e. The lowest BCUT2D eigenvalue weighted by Gasteiger charge is -2.14. The van der Waals surface area contributed by atoms with Gasteiger partial charge in [-0.25, -0.2) is 13.8 Å². The molecule has 0 aliphatic rings. The molecule has 5 N–H and O–H groups in total. The van der Waals surface area contributed by atoms with Crippen molar-refractivity contribution in [3.8, 4) is 5.69 Å². The minimum Gasteiger partial charge on any atom is -0.383 e. The van der Waals surface area contributed by atoms with Crippen LogP contribution in [0.15, 0.2) is 41.7 Å². The first kappa shape index (κ1) is 22.6. The predicted octanol–water partition coefficient (Wildman–Crippen LogP) is 3.73. The summed E-state index contributed by atoms with van der Waals surface area (Å²) in [6.07, 6.45) is 1.10. The Hall–Kier alpha value is -3.08. The molecule has 8 nitrogen and oxygen atoms in total. The molecule has 0 fully saturated rings. The number of nitrogen functional groups attached to an aromatic ring is 1. The quantitative estimate of drug-likeness (QED) is 0.523. The molecule has 0 bridgehead atoms. The second-order valence-electron chi connectivity index (χ2n) is 6.56. The van der Waals surface area contributed by atoms with Crippen LogP contribution in [0.1, 0.15) is 40.9 Å². The molecule has 3 rings (SSSR count). The first-order valence-electron chi connectivity index (χ1n) is 8.76. The molecule has 2 aromatic heterocycles. The molecule has 1 atom stereocenters. The van der Waals surface area contributed by atoms with Gasteiger partial charge in [0, 0.05) is 17.8 Å². The zero-order valence-electron chi connectivity index (χ0n) is 15.9. The third-order valence-corrected chi connectivity index (χ3v) is 4.88. The Morgan fingerprint density at radius 1 is 1.16 bits per heavy atom. The highest BCUT2D eigenvalue weighted by atomic mass is 35.5. The van der Waals surface area contributed by atoms with Crippen molar-refractivity contribution in [2.75, 3.05) is 11.1 Å². The number of nitrogens with one attached hydrogen (secondary N) is 1. The highest BCUT2D eigenvalue weighted by Gasteiger charge is 2.22. The van der Waals surface area contributed by atoms with E-state index in [4.69, 9.17) is 34.7 Å². The van der Waals surface area contributed by atoms with Crippen LogP contribution < -0.4 is 22.3 Å². The van der Waals surface area contributed by atoms with Crippen molar-refractivity contribution in [1.29, 1.82) is 0 Å². The van der Waals surface area contributed by atoms with E-state index >= 15 is 0 Å². The van der Waals surface area contributed by atoms with Gasteiger partial charge in [0.2, 0.25) is 0 Å². The van der Waals surface area contributed by atoms with E-state index in [1.807, 2.05) is 0 Å². The molecule has 31 heavy (non-hydrogen) atoms. The molecule has 12 heteroatoms. The van der Waals surface area contributed by atoms with Crippen LogP contribution in [0.4, 0.5) is 20.3 Å². The van der Waals surface area contributed by atoms with Crippen molar-refractivity contribution < 1.29 is 13.6 Å². The summed E-state index contributed by atoms with van der Waals surface area (Å²) in [7, 11) is 0. The van der Waals surface area contributed by atoms with Gasteiger partial charge >= 0.3 is 0 Å². The summed E-state index contributed by atoms with van der Waals surface area (Å²) < 4.78 is 26.8. The van der Waals surface area contributed by atoms with Crippen LogP contribution in [0.5, 0.6) is 0 Å². The Bertz CT molecular complexity index is 1190. The Morgan fingerprint density at radius 3 is 2.39 bits per heavy atom. The lowest BCUT2D eigenvalue weighted by Crippen LogP contribution is -2.31. The fourth-order valence-electron chi connectivity index (χ4n) is 2.75. The lowest BCUT2D eigenvalue weighted by atomic mass is 10.1. The SMILES string of the molecule is C[C@H](N)c1cncc(NC(=O)c2c(N)ncn(-c3c(Cl)cc(C(F)F)cc3Cl)c2=O)c1. The average Bonchev–Trinajstić information content (AvgIpc) is 2.69. The lowest BCUT2D eigenvalue weighted by molar-refractivity contribution is 0.102. The van der Waals surface area contributed by atoms with E-state index < -0.39 is 29.0 Å².